The Morgan fingerprint density at radius 3 is 2.57 bits per heavy atom. The molecule has 13 heteroatoms. The van der Waals surface area contributed by atoms with Crippen molar-refractivity contribution in [3.63, 3.8) is 0 Å². The maximum absolute atomic E-state index is 13.7. The maximum atomic E-state index is 13.7. The Hall–Kier alpha value is -1.83. The SMILES string of the molecule is CC(C)(C)CCN1C(=O)C(C2=NS(=O)(=O)c3c(CNS(C)(=O)=O)csc3N2)C(=O)C2CCCCC21. The van der Waals surface area contributed by atoms with Crippen LogP contribution in [0.4, 0.5) is 5.00 Å². The van der Waals surface area contributed by atoms with Gasteiger partial charge < -0.3 is 10.2 Å². The second-order valence-corrected chi connectivity index (χ2v) is 15.0. The fraction of sp³-hybridized carbons (Fsp3) is 0.682. The highest BCUT2D eigenvalue weighted by Gasteiger charge is 2.51. The molecular formula is C22H32N4O6S3. The van der Waals surface area contributed by atoms with Gasteiger partial charge in [0.15, 0.2) is 11.7 Å². The van der Waals surface area contributed by atoms with Crippen molar-refractivity contribution in [2.75, 3.05) is 18.1 Å². The molecule has 194 valence electrons. The third-order valence-corrected chi connectivity index (χ3v) is 9.91. The standard InChI is InChI=1S/C22H32N4O6S3/c1-22(2,3)9-10-26-15-8-6-5-7-14(15)17(27)16(21(26)28)19-24-20-18(35(31,32)25-19)13(12-33-20)11-23-34(4,29)30/h12,14-16,23H,5-11H2,1-4H3,(H,24,25). The summed E-state index contributed by atoms with van der Waals surface area (Å²) in [6.45, 7) is 6.57. The van der Waals surface area contributed by atoms with E-state index >= 15 is 0 Å². The quantitative estimate of drug-likeness (QED) is 0.524. The Labute approximate surface area is 210 Å². The van der Waals surface area contributed by atoms with Crippen LogP contribution in [0.15, 0.2) is 14.7 Å². The first kappa shape index (κ1) is 26.2. The number of sulfonamides is 2. The van der Waals surface area contributed by atoms with Gasteiger partial charge in [-0.15, -0.1) is 15.7 Å². The third-order valence-electron chi connectivity index (χ3n) is 6.75. The monoisotopic (exact) mass is 544 g/mol. The molecule has 3 unspecified atom stereocenters. The summed E-state index contributed by atoms with van der Waals surface area (Å²) in [6, 6.07) is -0.158. The van der Waals surface area contributed by atoms with Gasteiger partial charge in [-0.3, -0.25) is 9.59 Å². The van der Waals surface area contributed by atoms with Gasteiger partial charge in [-0.1, -0.05) is 33.6 Å². The van der Waals surface area contributed by atoms with E-state index in [1.54, 1.807) is 4.90 Å². The van der Waals surface area contributed by atoms with E-state index < -0.39 is 31.9 Å². The number of thiophene rings is 1. The molecule has 1 saturated heterocycles. The van der Waals surface area contributed by atoms with Crippen molar-refractivity contribution in [1.29, 1.82) is 0 Å². The van der Waals surface area contributed by atoms with Crippen molar-refractivity contribution >= 4 is 53.9 Å². The smallest absolute Gasteiger partial charge is 0.287 e. The van der Waals surface area contributed by atoms with Crippen LogP contribution in [0.1, 0.15) is 58.4 Å². The van der Waals surface area contributed by atoms with Gasteiger partial charge in [0.25, 0.3) is 10.0 Å². The van der Waals surface area contributed by atoms with Crippen molar-refractivity contribution in [2.45, 2.75) is 70.4 Å². The van der Waals surface area contributed by atoms with Crippen LogP contribution in [0.2, 0.25) is 0 Å². The summed E-state index contributed by atoms with van der Waals surface area (Å²) in [6.07, 6.45) is 5.03. The number of rotatable bonds is 6. The second kappa shape index (κ2) is 9.24. The van der Waals surface area contributed by atoms with E-state index in [2.05, 4.69) is 35.2 Å². The zero-order valence-corrected chi connectivity index (χ0v) is 22.8. The summed E-state index contributed by atoms with van der Waals surface area (Å²) < 4.78 is 55.4. The van der Waals surface area contributed by atoms with Crippen LogP contribution in [-0.2, 0) is 36.2 Å². The largest absolute Gasteiger partial charge is 0.338 e. The molecule has 4 rings (SSSR count). The summed E-state index contributed by atoms with van der Waals surface area (Å²) in [7, 11) is -7.78. The van der Waals surface area contributed by atoms with Crippen LogP contribution < -0.4 is 10.0 Å². The Balaban J connectivity index is 1.67. The number of carbonyl (C=O) groups excluding carboxylic acids is 2. The van der Waals surface area contributed by atoms with E-state index in [0.717, 1.165) is 43.3 Å². The highest BCUT2D eigenvalue weighted by molar-refractivity contribution is 7.91. The lowest BCUT2D eigenvalue weighted by Gasteiger charge is -2.46. The number of piperidine rings is 1. The van der Waals surface area contributed by atoms with Crippen molar-refractivity contribution in [3.05, 3.63) is 10.9 Å². The summed E-state index contributed by atoms with van der Waals surface area (Å²) in [5.41, 5.74) is 0.249. The van der Waals surface area contributed by atoms with Crippen LogP contribution in [0, 0.1) is 17.3 Å². The molecule has 3 atom stereocenters. The molecule has 1 saturated carbocycles. The third kappa shape index (κ3) is 5.47. The normalized spacial score (nSPS) is 26.6. The van der Waals surface area contributed by atoms with E-state index in [1.807, 2.05) is 0 Å². The van der Waals surface area contributed by atoms with Gasteiger partial charge in [-0.05, 0) is 30.1 Å². The number of Topliss-reactive ketones (excluding diaryl/α,β-unsaturated/α-hetero) is 1. The minimum Gasteiger partial charge on any atom is -0.338 e. The fourth-order valence-electron chi connectivity index (χ4n) is 4.99. The molecule has 35 heavy (non-hydrogen) atoms. The van der Waals surface area contributed by atoms with E-state index in [0.29, 0.717) is 13.0 Å². The highest BCUT2D eigenvalue weighted by atomic mass is 32.2. The lowest BCUT2D eigenvalue weighted by Crippen LogP contribution is -2.61. The van der Waals surface area contributed by atoms with E-state index in [4.69, 9.17) is 0 Å². The number of hydrogen-bond acceptors (Lipinski definition) is 8. The number of nitrogens with one attached hydrogen (secondary N) is 2. The lowest BCUT2D eigenvalue weighted by molar-refractivity contribution is -0.152. The highest BCUT2D eigenvalue weighted by Crippen LogP contribution is 2.41. The first-order valence-electron chi connectivity index (χ1n) is 11.7. The van der Waals surface area contributed by atoms with E-state index in [-0.39, 0.29) is 51.0 Å². The fourth-order valence-corrected chi connectivity index (χ4v) is 8.05. The average molecular weight is 545 g/mol. The summed E-state index contributed by atoms with van der Waals surface area (Å²) in [4.78, 5) is 28.8. The van der Waals surface area contributed by atoms with E-state index in [9.17, 15) is 26.4 Å². The lowest BCUT2D eigenvalue weighted by atomic mass is 9.73. The van der Waals surface area contributed by atoms with Crippen LogP contribution in [0.25, 0.3) is 0 Å². The number of anilines is 1. The van der Waals surface area contributed by atoms with Gasteiger partial charge in [0.2, 0.25) is 15.9 Å². The molecule has 0 bridgehead atoms. The Morgan fingerprint density at radius 1 is 1.23 bits per heavy atom. The average Bonchev–Trinajstić information content (AvgIpc) is 3.15. The number of nitrogens with zero attached hydrogens (tertiary/aromatic N) is 2. The van der Waals surface area contributed by atoms with E-state index in [1.165, 1.54) is 5.38 Å². The molecular weight excluding hydrogens is 512 g/mol. The Bertz CT molecular complexity index is 1280. The van der Waals surface area contributed by atoms with Gasteiger partial charge in [0.05, 0.1) is 6.26 Å². The molecule has 1 aromatic rings. The molecule has 2 aliphatic heterocycles. The molecule has 0 radical (unpaired) electrons. The van der Waals surface area contributed by atoms with Crippen molar-refractivity contribution < 1.29 is 26.4 Å². The van der Waals surface area contributed by atoms with Gasteiger partial charge in [-0.2, -0.15) is 8.42 Å². The zero-order chi connectivity index (χ0) is 25.8. The number of amides is 1. The number of fused-ring (bicyclic) bond motifs is 2. The van der Waals surface area contributed by atoms with Gasteiger partial charge >= 0.3 is 0 Å². The topological polar surface area (TPSA) is 142 Å². The molecule has 2 N–H and O–H groups in total. The Morgan fingerprint density at radius 2 is 1.91 bits per heavy atom. The molecule has 0 spiro atoms. The predicted molar refractivity (Wildman–Crippen MR) is 134 cm³/mol. The molecule has 10 nitrogen and oxygen atoms in total. The number of carbonyl (C=O) groups is 2. The van der Waals surface area contributed by atoms with Gasteiger partial charge in [0.1, 0.15) is 15.7 Å². The first-order chi connectivity index (χ1) is 16.2. The molecule has 2 fully saturated rings. The van der Waals surface area contributed by atoms with Crippen LogP contribution in [0.3, 0.4) is 0 Å². The molecule has 1 aromatic heterocycles. The molecule has 1 aliphatic carbocycles. The van der Waals surface area contributed by atoms with Crippen molar-refractivity contribution in [1.82, 2.24) is 9.62 Å². The Kier molecular flexibility index (Phi) is 6.92. The minimum absolute atomic E-state index is 0.00633. The number of ketones is 1. The van der Waals surface area contributed by atoms with Crippen molar-refractivity contribution in [3.8, 4) is 0 Å². The van der Waals surface area contributed by atoms with Crippen molar-refractivity contribution in [2.24, 2.45) is 21.6 Å². The van der Waals surface area contributed by atoms with Crippen LogP contribution in [0.5, 0.6) is 0 Å². The van der Waals surface area contributed by atoms with Crippen LogP contribution >= 0.6 is 11.3 Å². The summed E-state index contributed by atoms with van der Waals surface area (Å²) in [5, 5.41) is 4.69. The van der Waals surface area contributed by atoms with Crippen LogP contribution in [-0.4, -0.2) is 58.1 Å². The number of likely N-dealkylation sites (tertiary alicyclic amines) is 1. The summed E-state index contributed by atoms with van der Waals surface area (Å²) in [5.74, 6) is -2.47. The maximum Gasteiger partial charge on any atom is 0.287 e. The van der Waals surface area contributed by atoms with Gasteiger partial charge in [0, 0.05) is 30.6 Å². The van der Waals surface area contributed by atoms with Gasteiger partial charge in [-0.25, -0.2) is 13.1 Å². The molecule has 3 aliphatic rings. The second-order valence-electron chi connectivity index (χ2n) is 10.7. The molecule has 3 heterocycles. The molecule has 1 amide bonds. The summed E-state index contributed by atoms with van der Waals surface area (Å²) >= 11 is 1.07. The molecule has 0 aromatic carbocycles. The zero-order valence-electron chi connectivity index (χ0n) is 20.3. The predicted octanol–water partition coefficient (Wildman–Crippen LogP) is 2.33. The number of amidine groups is 1. The first-order valence-corrected chi connectivity index (χ1v) is 15.9. The number of hydrogen-bond donors (Lipinski definition) is 2. The minimum atomic E-state index is -4.25.